The van der Waals surface area contributed by atoms with E-state index in [1.54, 1.807) is 6.07 Å². The highest BCUT2D eigenvalue weighted by Gasteiger charge is 2.22. The summed E-state index contributed by atoms with van der Waals surface area (Å²) in [5.41, 5.74) is -0.762. The molecule has 0 bridgehead atoms. The molecule has 0 saturated heterocycles. The summed E-state index contributed by atoms with van der Waals surface area (Å²) >= 11 is 5.40. The van der Waals surface area contributed by atoms with Crippen molar-refractivity contribution in [1.29, 1.82) is 5.26 Å². The molecule has 1 aromatic rings. The third-order valence-electron chi connectivity index (χ3n) is 2.01. The number of nitrogens with zero attached hydrogens (tertiary/aromatic N) is 3. The van der Waals surface area contributed by atoms with Crippen molar-refractivity contribution in [1.82, 2.24) is 4.98 Å². The Labute approximate surface area is 108 Å². The minimum Gasteiger partial charge on any atom is -0.258 e. The van der Waals surface area contributed by atoms with Gasteiger partial charge in [-0.15, -0.1) is 11.6 Å². The molecule has 96 valence electrons. The molecular formula is C9H8ClN3O4S. The molecule has 9 heteroatoms. The first kappa shape index (κ1) is 14.3. The average molecular weight is 290 g/mol. The molecule has 0 atom stereocenters. The molecule has 0 aliphatic heterocycles. The lowest BCUT2D eigenvalue weighted by Gasteiger charge is -2.03. The van der Waals surface area contributed by atoms with Crippen LogP contribution in [0.15, 0.2) is 17.3 Å². The molecule has 0 amide bonds. The fraction of sp³-hybridized carbons (Fsp3) is 0.333. The third kappa shape index (κ3) is 3.15. The van der Waals surface area contributed by atoms with Crippen LogP contribution in [-0.2, 0) is 9.84 Å². The molecule has 18 heavy (non-hydrogen) atoms. The summed E-state index contributed by atoms with van der Waals surface area (Å²) in [5, 5.41) is 18.9. The first-order valence-electron chi connectivity index (χ1n) is 4.75. The maximum atomic E-state index is 11.8. The lowest BCUT2D eigenvalue weighted by Crippen LogP contribution is -2.11. The van der Waals surface area contributed by atoms with Gasteiger partial charge in [-0.25, -0.2) is 13.4 Å². The summed E-state index contributed by atoms with van der Waals surface area (Å²) in [6.45, 7) is 0. The van der Waals surface area contributed by atoms with E-state index in [4.69, 9.17) is 16.9 Å². The van der Waals surface area contributed by atoms with Gasteiger partial charge in [0.1, 0.15) is 12.3 Å². The van der Waals surface area contributed by atoms with Gasteiger partial charge in [0.25, 0.3) is 5.69 Å². The number of hydrogen-bond donors (Lipinski definition) is 0. The van der Waals surface area contributed by atoms with Crippen LogP contribution in [-0.4, -0.2) is 30.0 Å². The second-order valence-electron chi connectivity index (χ2n) is 3.28. The molecule has 0 fully saturated rings. The number of aromatic nitrogens is 1. The Kier molecular flexibility index (Phi) is 4.58. The average Bonchev–Trinajstić information content (AvgIpc) is 2.35. The minimum atomic E-state index is -3.75. The molecule has 0 aliphatic rings. The highest BCUT2D eigenvalue weighted by Crippen LogP contribution is 2.19. The zero-order chi connectivity index (χ0) is 13.8. The second-order valence-corrected chi connectivity index (χ2v) is 5.68. The number of nitro groups is 1. The van der Waals surface area contributed by atoms with Gasteiger partial charge >= 0.3 is 0 Å². The summed E-state index contributed by atoms with van der Waals surface area (Å²) in [7, 11) is -3.75. The number of halogens is 1. The number of sulfone groups is 1. The summed E-state index contributed by atoms with van der Waals surface area (Å²) in [6.07, 6.45) is 1.03. The Morgan fingerprint density at radius 2 is 2.22 bits per heavy atom. The van der Waals surface area contributed by atoms with Crippen LogP contribution >= 0.6 is 11.6 Å². The lowest BCUT2D eigenvalue weighted by molar-refractivity contribution is -0.385. The van der Waals surface area contributed by atoms with Gasteiger partial charge in [0.05, 0.1) is 16.2 Å². The van der Waals surface area contributed by atoms with Crippen molar-refractivity contribution in [2.24, 2.45) is 0 Å². The predicted molar refractivity (Wildman–Crippen MR) is 63.0 cm³/mol. The van der Waals surface area contributed by atoms with Crippen LogP contribution in [0.3, 0.4) is 0 Å². The topological polar surface area (TPSA) is 114 Å². The molecular weight excluding hydrogens is 282 g/mol. The molecule has 0 aliphatic carbocycles. The van der Waals surface area contributed by atoms with Crippen molar-refractivity contribution in [2.45, 2.75) is 11.4 Å². The number of rotatable bonds is 5. The Balaban J connectivity index is 3.26. The number of hydrogen-bond acceptors (Lipinski definition) is 6. The molecule has 1 rings (SSSR count). The number of alkyl halides is 1. The standard InChI is InChI=1S/C9H8ClN3O4S/c10-2-1-3-18(16,17)9-7(5-11)4-8(6-12-9)13(14)15/h4,6H,1-3H2. The van der Waals surface area contributed by atoms with Crippen LogP contribution in [0.1, 0.15) is 12.0 Å². The summed E-state index contributed by atoms with van der Waals surface area (Å²) in [6, 6.07) is 2.48. The lowest BCUT2D eigenvalue weighted by atomic mass is 10.3. The molecule has 0 N–H and O–H groups in total. The van der Waals surface area contributed by atoms with E-state index in [1.807, 2.05) is 0 Å². The van der Waals surface area contributed by atoms with Crippen LogP contribution in [0.25, 0.3) is 0 Å². The molecule has 1 aromatic heterocycles. The number of pyridine rings is 1. The van der Waals surface area contributed by atoms with Crippen LogP contribution in [0, 0.1) is 21.4 Å². The summed E-state index contributed by atoms with van der Waals surface area (Å²) in [5.74, 6) is -0.0932. The molecule has 0 spiro atoms. The molecule has 1 heterocycles. The second kappa shape index (κ2) is 5.75. The van der Waals surface area contributed by atoms with Gasteiger partial charge < -0.3 is 0 Å². The number of nitriles is 1. The fourth-order valence-corrected chi connectivity index (χ4v) is 2.87. The van der Waals surface area contributed by atoms with Crippen molar-refractivity contribution in [3.05, 3.63) is 27.9 Å². The monoisotopic (exact) mass is 289 g/mol. The van der Waals surface area contributed by atoms with Crippen molar-refractivity contribution < 1.29 is 13.3 Å². The smallest absolute Gasteiger partial charge is 0.258 e. The maximum Gasteiger partial charge on any atom is 0.288 e. The van der Waals surface area contributed by atoms with Crippen LogP contribution < -0.4 is 0 Å². The van der Waals surface area contributed by atoms with E-state index in [0.717, 1.165) is 12.3 Å². The van der Waals surface area contributed by atoms with E-state index in [-0.39, 0.29) is 23.6 Å². The Hall–Kier alpha value is -1.72. The van der Waals surface area contributed by atoms with E-state index < -0.39 is 25.5 Å². The molecule has 0 aromatic carbocycles. The molecule has 7 nitrogen and oxygen atoms in total. The fourth-order valence-electron chi connectivity index (χ4n) is 1.21. The van der Waals surface area contributed by atoms with Crippen LogP contribution in [0.2, 0.25) is 0 Å². The van der Waals surface area contributed by atoms with Gasteiger partial charge in [0.15, 0.2) is 14.9 Å². The van der Waals surface area contributed by atoms with Gasteiger partial charge in [-0.2, -0.15) is 5.26 Å². The highest BCUT2D eigenvalue weighted by atomic mass is 35.5. The van der Waals surface area contributed by atoms with Crippen LogP contribution in [0.4, 0.5) is 5.69 Å². The maximum absolute atomic E-state index is 11.8. The van der Waals surface area contributed by atoms with Crippen molar-refractivity contribution >= 4 is 27.1 Å². The SMILES string of the molecule is N#Cc1cc([N+](=O)[O-])cnc1S(=O)(=O)CCCCl. The van der Waals surface area contributed by atoms with Gasteiger partial charge in [-0.1, -0.05) is 0 Å². The zero-order valence-corrected chi connectivity index (χ0v) is 10.6. The first-order chi connectivity index (χ1) is 8.42. The highest BCUT2D eigenvalue weighted by molar-refractivity contribution is 7.91. The minimum absolute atomic E-state index is 0.161. The quantitative estimate of drug-likeness (QED) is 0.458. The third-order valence-corrected chi connectivity index (χ3v) is 4.02. The Morgan fingerprint density at radius 3 is 2.72 bits per heavy atom. The van der Waals surface area contributed by atoms with E-state index >= 15 is 0 Å². The van der Waals surface area contributed by atoms with Crippen LogP contribution in [0.5, 0.6) is 0 Å². The van der Waals surface area contributed by atoms with Gasteiger partial charge in [-0.3, -0.25) is 10.1 Å². The molecule has 0 saturated carbocycles. The van der Waals surface area contributed by atoms with Crippen molar-refractivity contribution in [3.8, 4) is 6.07 Å². The van der Waals surface area contributed by atoms with Crippen molar-refractivity contribution in [3.63, 3.8) is 0 Å². The Morgan fingerprint density at radius 1 is 1.56 bits per heavy atom. The zero-order valence-electron chi connectivity index (χ0n) is 9.04. The van der Waals surface area contributed by atoms with Gasteiger partial charge in [0.2, 0.25) is 0 Å². The predicted octanol–water partition coefficient (Wildman–Crippen LogP) is 1.26. The largest absolute Gasteiger partial charge is 0.288 e. The molecule has 0 unspecified atom stereocenters. The summed E-state index contributed by atoms with van der Waals surface area (Å²) in [4.78, 5) is 13.2. The van der Waals surface area contributed by atoms with Gasteiger partial charge in [-0.05, 0) is 6.42 Å². The van der Waals surface area contributed by atoms with Gasteiger partial charge in [0, 0.05) is 11.9 Å². The van der Waals surface area contributed by atoms with E-state index in [0.29, 0.717) is 0 Å². The Bertz CT molecular complexity index is 609. The van der Waals surface area contributed by atoms with E-state index in [1.165, 1.54) is 0 Å². The first-order valence-corrected chi connectivity index (χ1v) is 6.94. The van der Waals surface area contributed by atoms with E-state index in [9.17, 15) is 18.5 Å². The summed E-state index contributed by atoms with van der Waals surface area (Å²) < 4.78 is 23.6. The molecule has 0 radical (unpaired) electrons. The normalized spacial score (nSPS) is 10.9. The van der Waals surface area contributed by atoms with Crippen molar-refractivity contribution in [2.75, 3.05) is 11.6 Å². The van der Waals surface area contributed by atoms with E-state index in [2.05, 4.69) is 4.98 Å².